The van der Waals surface area contributed by atoms with Crippen LogP contribution in [0.3, 0.4) is 0 Å². The van der Waals surface area contributed by atoms with E-state index in [2.05, 4.69) is 22.2 Å². The van der Waals surface area contributed by atoms with Crippen molar-refractivity contribution in [2.75, 3.05) is 13.7 Å². The zero-order chi connectivity index (χ0) is 19.5. The molecule has 1 atom stereocenters. The van der Waals surface area contributed by atoms with Crippen LogP contribution in [0.1, 0.15) is 25.3 Å². The SMILES string of the molecule is COc1ccc(S(=O)(=O)N[C@@H](C)C(=O)NCC2(c3ccccc3)CC2)cc1. The number of sulfonamides is 1. The fourth-order valence-electron chi connectivity index (χ4n) is 3.03. The van der Waals surface area contributed by atoms with E-state index in [0.717, 1.165) is 12.8 Å². The second-order valence-electron chi connectivity index (χ2n) is 6.88. The number of methoxy groups -OCH3 is 1. The molecular formula is C20H24N2O4S. The van der Waals surface area contributed by atoms with E-state index in [1.807, 2.05) is 18.2 Å². The van der Waals surface area contributed by atoms with Crippen LogP contribution in [0.4, 0.5) is 0 Å². The molecule has 0 unspecified atom stereocenters. The summed E-state index contributed by atoms with van der Waals surface area (Å²) in [5.41, 5.74) is 1.18. The van der Waals surface area contributed by atoms with Crippen LogP contribution in [-0.4, -0.2) is 34.0 Å². The molecule has 1 saturated carbocycles. The van der Waals surface area contributed by atoms with Gasteiger partial charge in [0, 0.05) is 12.0 Å². The summed E-state index contributed by atoms with van der Waals surface area (Å²) in [5.74, 6) is 0.227. The molecule has 2 aromatic carbocycles. The smallest absolute Gasteiger partial charge is 0.241 e. The van der Waals surface area contributed by atoms with Crippen LogP contribution in [0, 0.1) is 0 Å². The Morgan fingerprint density at radius 2 is 1.74 bits per heavy atom. The summed E-state index contributed by atoms with van der Waals surface area (Å²) in [6.07, 6.45) is 2.03. The van der Waals surface area contributed by atoms with E-state index in [0.29, 0.717) is 12.3 Å². The predicted octanol–water partition coefficient (Wildman–Crippen LogP) is 2.21. The van der Waals surface area contributed by atoms with Gasteiger partial charge in [-0.05, 0) is 49.6 Å². The Labute approximate surface area is 160 Å². The lowest BCUT2D eigenvalue weighted by Crippen LogP contribution is -2.46. The Morgan fingerprint density at radius 1 is 1.11 bits per heavy atom. The molecule has 0 spiro atoms. The van der Waals surface area contributed by atoms with E-state index in [9.17, 15) is 13.2 Å². The molecule has 0 saturated heterocycles. The van der Waals surface area contributed by atoms with Gasteiger partial charge in [-0.3, -0.25) is 4.79 Å². The van der Waals surface area contributed by atoms with E-state index in [-0.39, 0.29) is 16.2 Å². The third kappa shape index (κ3) is 4.48. The summed E-state index contributed by atoms with van der Waals surface area (Å²) in [4.78, 5) is 12.5. The number of hydrogen-bond acceptors (Lipinski definition) is 4. The van der Waals surface area contributed by atoms with Gasteiger partial charge in [0.05, 0.1) is 18.0 Å². The quantitative estimate of drug-likeness (QED) is 0.726. The lowest BCUT2D eigenvalue weighted by molar-refractivity contribution is -0.122. The Kier molecular flexibility index (Phi) is 5.53. The maximum absolute atomic E-state index is 12.4. The Bertz CT molecular complexity index is 891. The van der Waals surface area contributed by atoms with Crippen molar-refractivity contribution in [1.82, 2.24) is 10.0 Å². The highest BCUT2D eigenvalue weighted by Gasteiger charge is 2.44. The van der Waals surface area contributed by atoms with Crippen molar-refractivity contribution in [3.8, 4) is 5.75 Å². The molecule has 0 radical (unpaired) electrons. The van der Waals surface area contributed by atoms with Crippen molar-refractivity contribution < 1.29 is 17.9 Å². The number of rotatable bonds is 8. The number of hydrogen-bond donors (Lipinski definition) is 2. The summed E-state index contributed by atoms with van der Waals surface area (Å²) in [6, 6.07) is 15.2. The third-order valence-corrected chi connectivity index (χ3v) is 6.49. The number of amides is 1. The highest BCUT2D eigenvalue weighted by Crippen LogP contribution is 2.47. The highest BCUT2D eigenvalue weighted by atomic mass is 32.2. The van der Waals surface area contributed by atoms with Crippen LogP contribution >= 0.6 is 0 Å². The molecule has 6 nitrogen and oxygen atoms in total. The van der Waals surface area contributed by atoms with Crippen LogP contribution in [0.15, 0.2) is 59.5 Å². The Balaban J connectivity index is 1.59. The number of benzene rings is 2. The second-order valence-corrected chi connectivity index (χ2v) is 8.60. The number of ether oxygens (including phenoxy) is 1. The molecule has 0 aliphatic heterocycles. The zero-order valence-corrected chi connectivity index (χ0v) is 16.3. The fraction of sp³-hybridized carbons (Fsp3) is 0.350. The van der Waals surface area contributed by atoms with Crippen LogP contribution < -0.4 is 14.8 Å². The highest BCUT2D eigenvalue weighted by molar-refractivity contribution is 7.89. The van der Waals surface area contributed by atoms with Crippen molar-refractivity contribution in [2.24, 2.45) is 0 Å². The molecule has 1 aliphatic carbocycles. The van der Waals surface area contributed by atoms with Gasteiger partial charge in [-0.1, -0.05) is 30.3 Å². The zero-order valence-electron chi connectivity index (χ0n) is 15.4. The minimum Gasteiger partial charge on any atom is -0.497 e. The summed E-state index contributed by atoms with van der Waals surface area (Å²) in [5, 5.41) is 2.89. The topological polar surface area (TPSA) is 84.5 Å². The monoisotopic (exact) mass is 388 g/mol. The van der Waals surface area contributed by atoms with Crippen LogP contribution in [0.2, 0.25) is 0 Å². The third-order valence-electron chi connectivity index (χ3n) is 4.94. The molecule has 144 valence electrons. The first-order valence-electron chi connectivity index (χ1n) is 8.86. The molecule has 1 amide bonds. The molecule has 0 aromatic heterocycles. The summed E-state index contributed by atoms with van der Waals surface area (Å²) < 4.78 is 32.4. The van der Waals surface area contributed by atoms with E-state index in [1.165, 1.54) is 24.8 Å². The van der Waals surface area contributed by atoms with Gasteiger partial charge < -0.3 is 10.1 Å². The molecule has 0 bridgehead atoms. The molecule has 2 aromatic rings. The average Bonchev–Trinajstić information content (AvgIpc) is 3.47. The largest absolute Gasteiger partial charge is 0.497 e. The normalized spacial score (nSPS) is 16.4. The molecule has 1 fully saturated rings. The minimum absolute atomic E-state index is 0.0223. The first-order chi connectivity index (χ1) is 12.9. The van der Waals surface area contributed by atoms with Gasteiger partial charge in [-0.15, -0.1) is 0 Å². The lowest BCUT2D eigenvalue weighted by atomic mass is 9.96. The van der Waals surface area contributed by atoms with E-state index < -0.39 is 16.1 Å². The van der Waals surface area contributed by atoms with Gasteiger partial charge >= 0.3 is 0 Å². The summed E-state index contributed by atoms with van der Waals surface area (Å²) >= 11 is 0. The van der Waals surface area contributed by atoms with E-state index in [1.54, 1.807) is 19.1 Å². The van der Waals surface area contributed by atoms with E-state index >= 15 is 0 Å². The van der Waals surface area contributed by atoms with Crippen molar-refractivity contribution >= 4 is 15.9 Å². The lowest BCUT2D eigenvalue weighted by Gasteiger charge is -2.19. The molecule has 2 N–H and O–H groups in total. The maximum atomic E-state index is 12.4. The maximum Gasteiger partial charge on any atom is 0.241 e. The number of carbonyl (C=O) groups is 1. The van der Waals surface area contributed by atoms with Gasteiger partial charge in [-0.2, -0.15) is 4.72 Å². The fourth-order valence-corrected chi connectivity index (χ4v) is 4.23. The van der Waals surface area contributed by atoms with Crippen molar-refractivity contribution in [2.45, 2.75) is 36.1 Å². The standard InChI is InChI=1S/C20H24N2O4S/c1-15(22-27(24,25)18-10-8-17(26-2)9-11-18)19(23)21-14-20(12-13-20)16-6-4-3-5-7-16/h3-11,15,22H,12-14H2,1-2H3,(H,21,23)/t15-/m0/s1. The van der Waals surface area contributed by atoms with Gasteiger partial charge in [0.2, 0.25) is 15.9 Å². The number of carbonyl (C=O) groups excluding carboxylic acids is 1. The van der Waals surface area contributed by atoms with Crippen molar-refractivity contribution in [3.05, 3.63) is 60.2 Å². The molecular weight excluding hydrogens is 364 g/mol. The molecule has 27 heavy (non-hydrogen) atoms. The van der Waals surface area contributed by atoms with Crippen LogP contribution in [-0.2, 0) is 20.2 Å². The average molecular weight is 388 g/mol. The molecule has 7 heteroatoms. The minimum atomic E-state index is -3.79. The molecule has 1 aliphatic rings. The number of nitrogens with one attached hydrogen (secondary N) is 2. The Hall–Kier alpha value is -2.38. The van der Waals surface area contributed by atoms with Crippen molar-refractivity contribution in [1.29, 1.82) is 0 Å². The molecule has 3 rings (SSSR count). The van der Waals surface area contributed by atoms with Gasteiger partial charge in [0.25, 0.3) is 0 Å². The van der Waals surface area contributed by atoms with Crippen molar-refractivity contribution in [3.63, 3.8) is 0 Å². The predicted molar refractivity (Wildman–Crippen MR) is 103 cm³/mol. The van der Waals surface area contributed by atoms with E-state index in [4.69, 9.17) is 4.74 Å². The summed E-state index contributed by atoms with van der Waals surface area (Å²) in [6.45, 7) is 2.04. The van der Waals surface area contributed by atoms with Crippen LogP contribution in [0.25, 0.3) is 0 Å². The first-order valence-corrected chi connectivity index (χ1v) is 10.3. The van der Waals surface area contributed by atoms with Crippen LogP contribution in [0.5, 0.6) is 5.75 Å². The first kappa shape index (κ1) is 19.4. The van der Waals surface area contributed by atoms with Gasteiger partial charge in [0.15, 0.2) is 0 Å². The summed E-state index contributed by atoms with van der Waals surface area (Å²) in [7, 11) is -2.28. The van der Waals surface area contributed by atoms with Gasteiger partial charge in [0.1, 0.15) is 5.75 Å². The Morgan fingerprint density at radius 3 is 2.30 bits per heavy atom. The van der Waals surface area contributed by atoms with Gasteiger partial charge in [-0.25, -0.2) is 8.42 Å². The molecule has 0 heterocycles. The second kappa shape index (κ2) is 7.70.